The first kappa shape index (κ1) is 22.0. The van der Waals surface area contributed by atoms with Crippen LogP contribution in [0, 0.1) is 0 Å². The highest BCUT2D eigenvalue weighted by Crippen LogP contribution is 2.22. The number of benzene rings is 1. The lowest BCUT2D eigenvalue weighted by atomic mass is 10.0. The highest BCUT2D eigenvalue weighted by Gasteiger charge is 2.20. The average molecular weight is 443 g/mol. The van der Waals surface area contributed by atoms with Crippen LogP contribution in [0.2, 0.25) is 0 Å². The van der Waals surface area contributed by atoms with Gasteiger partial charge in [-0.05, 0) is 37.3 Å². The topological polar surface area (TPSA) is 75.7 Å². The SMILES string of the molecule is O=C(C=Cc1csc(NC2CCN(Cc3ccccc3)CC2)n1)NOC1CCCCO1. The number of likely N-dealkylation sites (tertiary alicyclic amines) is 1. The molecule has 4 rings (SSSR count). The number of thiazole rings is 1. The molecule has 1 unspecified atom stereocenters. The molecule has 3 heterocycles. The Morgan fingerprint density at radius 2 is 2.06 bits per heavy atom. The van der Waals surface area contributed by atoms with E-state index < -0.39 is 0 Å². The van der Waals surface area contributed by atoms with Crippen molar-refractivity contribution < 1.29 is 14.4 Å². The molecular formula is C23H30N4O3S. The first-order valence-corrected chi connectivity index (χ1v) is 11.9. The molecular weight excluding hydrogens is 412 g/mol. The third kappa shape index (κ3) is 7.14. The van der Waals surface area contributed by atoms with Crippen LogP contribution in [0.3, 0.4) is 0 Å². The molecule has 1 aromatic carbocycles. The molecule has 2 saturated heterocycles. The van der Waals surface area contributed by atoms with Crippen molar-refractivity contribution in [3.8, 4) is 0 Å². The van der Waals surface area contributed by atoms with Gasteiger partial charge in [-0.15, -0.1) is 11.3 Å². The van der Waals surface area contributed by atoms with E-state index >= 15 is 0 Å². The zero-order valence-corrected chi connectivity index (χ0v) is 18.5. The number of aromatic nitrogens is 1. The van der Waals surface area contributed by atoms with Crippen molar-refractivity contribution >= 4 is 28.5 Å². The van der Waals surface area contributed by atoms with Crippen LogP contribution in [0.5, 0.6) is 0 Å². The normalized spacial score (nSPS) is 20.7. The van der Waals surface area contributed by atoms with Gasteiger partial charge in [-0.3, -0.25) is 9.69 Å². The van der Waals surface area contributed by atoms with Gasteiger partial charge in [0.1, 0.15) is 0 Å². The summed E-state index contributed by atoms with van der Waals surface area (Å²) in [5, 5.41) is 6.39. The van der Waals surface area contributed by atoms with Gasteiger partial charge in [-0.1, -0.05) is 30.3 Å². The summed E-state index contributed by atoms with van der Waals surface area (Å²) in [6.45, 7) is 3.85. The molecule has 2 N–H and O–H groups in total. The molecule has 31 heavy (non-hydrogen) atoms. The minimum Gasteiger partial charge on any atom is -0.359 e. The van der Waals surface area contributed by atoms with Crippen LogP contribution < -0.4 is 10.8 Å². The molecule has 0 spiro atoms. The zero-order chi connectivity index (χ0) is 21.3. The third-order valence-corrected chi connectivity index (χ3v) is 6.31. The molecule has 166 valence electrons. The zero-order valence-electron chi connectivity index (χ0n) is 17.7. The minimum absolute atomic E-state index is 0.317. The molecule has 7 nitrogen and oxygen atoms in total. The van der Waals surface area contributed by atoms with Gasteiger partial charge in [-0.2, -0.15) is 0 Å². The van der Waals surface area contributed by atoms with Gasteiger partial charge in [0.2, 0.25) is 0 Å². The summed E-state index contributed by atoms with van der Waals surface area (Å²) in [5.41, 5.74) is 4.55. The highest BCUT2D eigenvalue weighted by atomic mass is 32.1. The Labute approximate surface area is 187 Å². The van der Waals surface area contributed by atoms with E-state index in [0.29, 0.717) is 12.6 Å². The van der Waals surface area contributed by atoms with Crippen LogP contribution in [0.25, 0.3) is 6.08 Å². The highest BCUT2D eigenvalue weighted by molar-refractivity contribution is 7.13. The second-order valence-electron chi connectivity index (χ2n) is 7.97. The number of hydrogen-bond donors (Lipinski definition) is 2. The molecule has 0 radical (unpaired) electrons. The summed E-state index contributed by atoms with van der Waals surface area (Å²) in [7, 11) is 0. The van der Waals surface area contributed by atoms with Gasteiger partial charge in [0, 0.05) is 50.2 Å². The lowest BCUT2D eigenvalue weighted by Gasteiger charge is -2.32. The van der Waals surface area contributed by atoms with Crippen LogP contribution in [0.15, 0.2) is 41.8 Å². The summed E-state index contributed by atoms with van der Waals surface area (Å²) < 4.78 is 5.42. The van der Waals surface area contributed by atoms with E-state index in [1.54, 1.807) is 17.4 Å². The number of hydroxylamine groups is 1. The molecule has 1 amide bonds. The average Bonchev–Trinajstić information content (AvgIpc) is 3.26. The Balaban J connectivity index is 1.17. The van der Waals surface area contributed by atoms with Crippen molar-refractivity contribution in [2.24, 2.45) is 0 Å². The third-order valence-electron chi connectivity index (χ3n) is 5.52. The quantitative estimate of drug-likeness (QED) is 0.478. The summed E-state index contributed by atoms with van der Waals surface area (Å²) in [5.74, 6) is -0.317. The predicted octanol–water partition coefficient (Wildman–Crippen LogP) is 3.81. The van der Waals surface area contributed by atoms with Crippen molar-refractivity contribution in [3.05, 3.63) is 53.0 Å². The van der Waals surface area contributed by atoms with Crippen LogP contribution in [-0.4, -0.2) is 47.8 Å². The Morgan fingerprint density at radius 1 is 1.23 bits per heavy atom. The molecule has 8 heteroatoms. The summed E-state index contributed by atoms with van der Waals surface area (Å²) in [6, 6.07) is 11.1. The summed E-state index contributed by atoms with van der Waals surface area (Å²) in [4.78, 5) is 24.3. The van der Waals surface area contributed by atoms with Crippen molar-refractivity contribution in [3.63, 3.8) is 0 Å². The number of anilines is 1. The maximum atomic E-state index is 11.9. The number of rotatable bonds is 8. The predicted molar refractivity (Wildman–Crippen MR) is 122 cm³/mol. The van der Waals surface area contributed by atoms with Crippen molar-refractivity contribution in [1.82, 2.24) is 15.4 Å². The minimum atomic E-state index is -0.347. The lowest BCUT2D eigenvalue weighted by molar-refractivity contribution is -0.198. The van der Waals surface area contributed by atoms with E-state index in [1.165, 1.54) is 11.6 Å². The second-order valence-corrected chi connectivity index (χ2v) is 8.83. The number of amides is 1. The van der Waals surface area contributed by atoms with Crippen LogP contribution in [0.1, 0.15) is 43.4 Å². The van der Waals surface area contributed by atoms with E-state index in [4.69, 9.17) is 9.57 Å². The molecule has 0 aliphatic carbocycles. The molecule has 2 aliphatic heterocycles. The van der Waals surface area contributed by atoms with Gasteiger partial charge in [0.05, 0.1) is 5.69 Å². The maximum Gasteiger partial charge on any atom is 0.267 e. The van der Waals surface area contributed by atoms with Crippen molar-refractivity contribution in [2.45, 2.75) is 51.0 Å². The van der Waals surface area contributed by atoms with E-state index in [0.717, 1.165) is 62.6 Å². The first-order valence-electron chi connectivity index (χ1n) is 11.0. The Kier molecular flexibility index (Phi) is 8.06. The maximum absolute atomic E-state index is 11.9. The number of carbonyl (C=O) groups is 1. The number of nitrogens with one attached hydrogen (secondary N) is 2. The van der Waals surface area contributed by atoms with E-state index in [2.05, 4.69) is 51.0 Å². The molecule has 0 bridgehead atoms. The first-order chi connectivity index (χ1) is 15.2. The van der Waals surface area contributed by atoms with Gasteiger partial charge >= 0.3 is 0 Å². The van der Waals surface area contributed by atoms with Crippen LogP contribution in [-0.2, 0) is 20.9 Å². The van der Waals surface area contributed by atoms with Gasteiger partial charge in [0.15, 0.2) is 11.4 Å². The van der Waals surface area contributed by atoms with Gasteiger partial charge < -0.3 is 10.1 Å². The molecule has 2 aromatic rings. The monoisotopic (exact) mass is 442 g/mol. The van der Waals surface area contributed by atoms with Crippen molar-refractivity contribution in [2.75, 3.05) is 25.0 Å². The molecule has 2 aliphatic rings. The Hall–Kier alpha value is -2.26. The number of hydrogen-bond acceptors (Lipinski definition) is 7. The number of ether oxygens (including phenoxy) is 1. The summed E-state index contributed by atoms with van der Waals surface area (Å²) in [6.07, 6.45) is 7.88. The van der Waals surface area contributed by atoms with Crippen molar-refractivity contribution in [1.29, 1.82) is 0 Å². The number of piperidine rings is 1. The molecule has 1 atom stereocenters. The molecule has 2 fully saturated rings. The van der Waals surface area contributed by atoms with Gasteiger partial charge in [-0.25, -0.2) is 15.3 Å². The van der Waals surface area contributed by atoms with E-state index in [9.17, 15) is 4.79 Å². The fourth-order valence-corrected chi connectivity index (χ4v) is 4.56. The number of nitrogens with zero attached hydrogens (tertiary/aromatic N) is 2. The van der Waals surface area contributed by atoms with Crippen LogP contribution >= 0.6 is 11.3 Å². The Morgan fingerprint density at radius 3 is 2.84 bits per heavy atom. The molecule has 1 aromatic heterocycles. The Bertz CT molecular complexity index is 844. The van der Waals surface area contributed by atoms with Gasteiger partial charge in [0.25, 0.3) is 5.91 Å². The van der Waals surface area contributed by atoms with E-state index in [1.807, 2.05) is 5.38 Å². The second kappa shape index (κ2) is 11.4. The standard InChI is InChI=1S/C23H30N4O3S/c28-21(26-30-22-8-4-5-15-29-22)10-9-20-17-31-23(25-20)24-19-11-13-27(14-12-19)16-18-6-2-1-3-7-18/h1-3,6-7,9-10,17,19,22H,4-5,8,11-16H2,(H,24,25)(H,26,28). The smallest absolute Gasteiger partial charge is 0.267 e. The lowest BCUT2D eigenvalue weighted by Crippen LogP contribution is -2.38. The fraction of sp³-hybridized carbons (Fsp3) is 0.478. The summed E-state index contributed by atoms with van der Waals surface area (Å²) >= 11 is 1.56. The van der Waals surface area contributed by atoms with Crippen LogP contribution in [0.4, 0.5) is 5.13 Å². The van der Waals surface area contributed by atoms with E-state index in [-0.39, 0.29) is 12.2 Å². The molecule has 0 saturated carbocycles. The number of carbonyl (C=O) groups excluding carboxylic acids is 1. The fourth-order valence-electron chi connectivity index (χ4n) is 3.80. The largest absolute Gasteiger partial charge is 0.359 e.